The van der Waals surface area contributed by atoms with Gasteiger partial charge in [-0.05, 0) is 18.8 Å². The lowest BCUT2D eigenvalue weighted by molar-refractivity contribution is -0.127. The second-order valence-corrected chi connectivity index (χ2v) is 7.29. The summed E-state index contributed by atoms with van der Waals surface area (Å²) in [4.78, 5) is 14.3. The molecule has 1 fully saturated rings. The molecular formula is C19H36N2O3. The van der Waals surface area contributed by atoms with E-state index in [1.165, 1.54) is 0 Å². The molecule has 1 unspecified atom stereocenters. The molecular weight excluding hydrogens is 304 g/mol. The predicted octanol–water partition coefficient (Wildman–Crippen LogP) is 2.81. The summed E-state index contributed by atoms with van der Waals surface area (Å²) in [6.07, 6.45) is 6.99. The fourth-order valence-corrected chi connectivity index (χ4v) is 2.86. The first-order valence-corrected chi connectivity index (χ1v) is 9.24. The molecule has 1 atom stereocenters. The highest BCUT2D eigenvalue weighted by atomic mass is 16.5. The van der Waals surface area contributed by atoms with Gasteiger partial charge in [-0.15, -0.1) is 0 Å². The third-order valence-corrected chi connectivity index (χ3v) is 4.28. The lowest BCUT2D eigenvalue weighted by Crippen LogP contribution is -2.41. The standard InChI is InChI=1S/C19H36N2O3/c1-15(2)14-21(17-9-12-24-13-10-17)11-7-6-8-18(23-5)20-19(22)16(3)4/h6-7,15-18H,8-14H2,1-5H3,(H,20,22)/b7-6-. The molecule has 1 amide bonds. The van der Waals surface area contributed by atoms with E-state index in [1.807, 2.05) is 13.8 Å². The maximum absolute atomic E-state index is 11.7. The van der Waals surface area contributed by atoms with E-state index in [4.69, 9.17) is 9.47 Å². The van der Waals surface area contributed by atoms with Crippen LogP contribution in [0.4, 0.5) is 0 Å². The molecule has 0 bridgehead atoms. The largest absolute Gasteiger partial charge is 0.381 e. The molecule has 1 aliphatic rings. The molecule has 0 spiro atoms. The predicted molar refractivity (Wildman–Crippen MR) is 97.8 cm³/mol. The summed E-state index contributed by atoms with van der Waals surface area (Å²) in [5, 5.41) is 2.91. The topological polar surface area (TPSA) is 50.8 Å². The molecule has 1 heterocycles. The third-order valence-electron chi connectivity index (χ3n) is 4.28. The van der Waals surface area contributed by atoms with Gasteiger partial charge in [0.2, 0.25) is 5.91 Å². The summed E-state index contributed by atoms with van der Waals surface area (Å²) in [7, 11) is 1.63. The van der Waals surface area contributed by atoms with Gasteiger partial charge in [0.15, 0.2) is 0 Å². The van der Waals surface area contributed by atoms with Gasteiger partial charge < -0.3 is 14.8 Å². The fourth-order valence-electron chi connectivity index (χ4n) is 2.86. The van der Waals surface area contributed by atoms with Crippen molar-refractivity contribution in [3.63, 3.8) is 0 Å². The molecule has 1 saturated heterocycles. The summed E-state index contributed by atoms with van der Waals surface area (Å²) in [6, 6.07) is 0.615. The summed E-state index contributed by atoms with van der Waals surface area (Å²) in [5.74, 6) is 0.652. The Hall–Kier alpha value is -0.910. The lowest BCUT2D eigenvalue weighted by Gasteiger charge is -2.34. The van der Waals surface area contributed by atoms with Crippen molar-refractivity contribution in [3.8, 4) is 0 Å². The Bertz CT molecular complexity index is 377. The lowest BCUT2D eigenvalue weighted by atomic mass is 10.0. The van der Waals surface area contributed by atoms with Gasteiger partial charge in [0.25, 0.3) is 0 Å². The number of rotatable bonds is 10. The molecule has 140 valence electrons. The Morgan fingerprint density at radius 2 is 1.92 bits per heavy atom. The summed E-state index contributed by atoms with van der Waals surface area (Å²) in [6.45, 7) is 12.1. The zero-order chi connectivity index (χ0) is 17.9. The highest BCUT2D eigenvalue weighted by molar-refractivity contribution is 5.77. The highest BCUT2D eigenvalue weighted by Crippen LogP contribution is 2.16. The van der Waals surface area contributed by atoms with Gasteiger partial charge in [-0.25, -0.2) is 0 Å². The van der Waals surface area contributed by atoms with Crippen LogP contribution in [0.1, 0.15) is 47.0 Å². The number of nitrogens with one attached hydrogen (secondary N) is 1. The van der Waals surface area contributed by atoms with Crippen LogP contribution < -0.4 is 5.32 Å². The minimum atomic E-state index is -0.252. The Morgan fingerprint density at radius 1 is 1.25 bits per heavy atom. The average molecular weight is 341 g/mol. The van der Waals surface area contributed by atoms with Crippen molar-refractivity contribution in [2.45, 2.75) is 59.2 Å². The van der Waals surface area contributed by atoms with Crippen molar-refractivity contribution in [1.82, 2.24) is 10.2 Å². The fraction of sp³-hybridized carbons (Fsp3) is 0.842. The molecule has 0 aliphatic carbocycles. The Balaban J connectivity index is 2.45. The van der Waals surface area contributed by atoms with Gasteiger partial charge in [0, 0.05) is 51.8 Å². The van der Waals surface area contributed by atoms with Crippen LogP contribution in [0.25, 0.3) is 0 Å². The van der Waals surface area contributed by atoms with Crippen molar-refractivity contribution < 1.29 is 14.3 Å². The molecule has 5 heteroatoms. The van der Waals surface area contributed by atoms with E-state index in [9.17, 15) is 4.79 Å². The normalized spacial score (nSPS) is 18.0. The minimum Gasteiger partial charge on any atom is -0.381 e. The minimum absolute atomic E-state index is 0.0262. The number of carbonyl (C=O) groups is 1. The number of methoxy groups -OCH3 is 1. The molecule has 1 N–H and O–H groups in total. The molecule has 0 aromatic carbocycles. The molecule has 0 aromatic heterocycles. The van der Waals surface area contributed by atoms with E-state index in [0.717, 1.165) is 39.1 Å². The smallest absolute Gasteiger partial charge is 0.224 e. The van der Waals surface area contributed by atoms with Crippen molar-refractivity contribution in [3.05, 3.63) is 12.2 Å². The summed E-state index contributed by atoms with van der Waals surface area (Å²) >= 11 is 0. The molecule has 1 aliphatic heterocycles. The number of ether oxygens (including phenoxy) is 2. The second-order valence-electron chi connectivity index (χ2n) is 7.29. The Kier molecular flexibility index (Phi) is 10.2. The second kappa shape index (κ2) is 11.6. The maximum atomic E-state index is 11.7. The van der Waals surface area contributed by atoms with E-state index in [0.29, 0.717) is 18.4 Å². The van der Waals surface area contributed by atoms with E-state index in [2.05, 4.69) is 36.2 Å². The van der Waals surface area contributed by atoms with Crippen LogP contribution >= 0.6 is 0 Å². The van der Waals surface area contributed by atoms with Crippen LogP contribution in [0.2, 0.25) is 0 Å². The van der Waals surface area contributed by atoms with Gasteiger partial charge in [-0.1, -0.05) is 39.8 Å². The SMILES string of the molecule is COC(C/C=C\CN(CC(C)C)C1CCOCC1)NC(=O)C(C)C. The van der Waals surface area contributed by atoms with Crippen LogP contribution in [0, 0.1) is 11.8 Å². The molecule has 0 aromatic rings. The van der Waals surface area contributed by atoms with Gasteiger partial charge in [-0.2, -0.15) is 0 Å². The van der Waals surface area contributed by atoms with Gasteiger partial charge in [0.1, 0.15) is 6.23 Å². The van der Waals surface area contributed by atoms with Gasteiger partial charge in [-0.3, -0.25) is 9.69 Å². The zero-order valence-electron chi connectivity index (χ0n) is 16.1. The van der Waals surface area contributed by atoms with E-state index < -0.39 is 0 Å². The van der Waals surface area contributed by atoms with Crippen molar-refractivity contribution in [2.24, 2.45) is 11.8 Å². The van der Waals surface area contributed by atoms with E-state index >= 15 is 0 Å². The van der Waals surface area contributed by atoms with Crippen molar-refractivity contribution >= 4 is 5.91 Å². The first-order valence-electron chi connectivity index (χ1n) is 9.24. The zero-order valence-corrected chi connectivity index (χ0v) is 16.1. The van der Waals surface area contributed by atoms with Crippen molar-refractivity contribution in [1.29, 1.82) is 0 Å². The molecule has 0 saturated carbocycles. The highest BCUT2D eigenvalue weighted by Gasteiger charge is 2.21. The number of amides is 1. The Labute approximate surface area is 147 Å². The molecule has 1 rings (SSSR count). The third kappa shape index (κ3) is 8.27. The molecule has 0 radical (unpaired) electrons. The Morgan fingerprint density at radius 3 is 2.46 bits per heavy atom. The van der Waals surface area contributed by atoms with Crippen LogP contribution in [0.15, 0.2) is 12.2 Å². The van der Waals surface area contributed by atoms with Crippen LogP contribution in [-0.4, -0.2) is 56.5 Å². The quantitative estimate of drug-likeness (QED) is 0.491. The van der Waals surface area contributed by atoms with Crippen LogP contribution in [-0.2, 0) is 14.3 Å². The number of nitrogens with zero attached hydrogens (tertiary/aromatic N) is 1. The monoisotopic (exact) mass is 340 g/mol. The van der Waals surface area contributed by atoms with Gasteiger partial charge >= 0.3 is 0 Å². The van der Waals surface area contributed by atoms with E-state index in [1.54, 1.807) is 7.11 Å². The number of carbonyl (C=O) groups excluding carboxylic acids is 1. The van der Waals surface area contributed by atoms with Gasteiger partial charge in [0.05, 0.1) is 0 Å². The number of hydrogen-bond acceptors (Lipinski definition) is 4. The first-order chi connectivity index (χ1) is 11.4. The first kappa shape index (κ1) is 21.1. The number of hydrogen-bond donors (Lipinski definition) is 1. The summed E-state index contributed by atoms with van der Waals surface area (Å²) in [5.41, 5.74) is 0. The average Bonchev–Trinajstić information content (AvgIpc) is 2.56. The van der Waals surface area contributed by atoms with Crippen LogP contribution in [0.5, 0.6) is 0 Å². The summed E-state index contributed by atoms with van der Waals surface area (Å²) < 4.78 is 10.8. The molecule has 24 heavy (non-hydrogen) atoms. The maximum Gasteiger partial charge on any atom is 0.224 e. The van der Waals surface area contributed by atoms with Crippen LogP contribution in [0.3, 0.4) is 0 Å². The van der Waals surface area contributed by atoms with E-state index in [-0.39, 0.29) is 18.1 Å². The van der Waals surface area contributed by atoms with Crippen molar-refractivity contribution in [2.75, 3.05) is 33.4 Å². The molecule has 5 nitrogen and oxygen atoms in total.